The van der Waals surface area contributed by atoms with Crippen molar-refractivity contribution >= 4 is 33.2 Å². The molecule has 0 aliphatic heterocycles. The van der Waals surface area contributed by atoms with Crippen LogP contribution in [-0.2, 0) is 4.79 Å². The van der Waals surface area contributed by atoms with E-state index in [1.165, 1.54) is 6.07 Å². The second-order valence-electron chi connectivity index (χ2n) is 4.57. The minimum atomic E-state index is -0.655. The van der Waals surface area contributed by atoms with Crippen molar-refractivity contribution in [2.24, 2.45) is 5.73 Å². The Hall–Kier alpha value is -1.63. The minimum absolute atomic E-state index is 0.0456. The maximum Gasteiger partial charge on any atom is 0.292 e. The molecule has 0 fully saturated rings. The molecule has 0 aromatic heterocycles. The van der Waals surface area contributed by atoms with E-state index in [-0.39, 0.29) is 12.1 Å². The van der Waals surface area contributed by atoms with Crippen LogP contribution in [0.4, 0.5) is 11.4 Å². The summed E-state index contributed by atoms with van der Waals surface area (Å²) in [5, 5.41) is 13.9. The van der Waals surface area contributed by atoms with Gasteiger partial charge < -0.3 is 11.1 Å². The molecular weight excluding hydrogens is 302 g/mol. The van der Waals surface area contributed by atoms with E-state index in [0.717, 1.165) is 0 Å². The van der Waals surface area contributed by atoms with E-state index in [1.807, 2.05) is 0 Å². The number of nitrogens with one attached hydrogen (secondary N) is 1. The largest absolute Gasteiger partial charge is 0.374 e. The van der Waals surface area contributed by atoms with E-state index in [0.29, 0.717) is 10.2 Å². The maximum absolute atomic E-state index is 10.9. The molecule has 0 radical (unpaired) electrons. The van der Waals surface area contributed by atoms with Gasteiger partial charge in [0, 0.05) is 22.5 Å². The molecular formula is C11H14BrN3O3. The molecule has 0 atom stereocenters. The third kappa shape index (κ3) is 3.99. The number of halogens is 1. The lowest BCUT2D eigenvalue weighted by Crippen LogP contribution is -2.36. The molecule has 6 nitrogen and oxygen atoms in total. The average Bonchev–Trinajstić information content (AvgIpc) is 2.13. The molecule has 1 amide bonds. The van der Waals surface area contributed by atoms with Crippen LogP contribution in [0.15, 0.2) is 22.7 Å². The monoisotopic (exact) mass is 315 g/mol. The third-order valence-corrected chi connectivity index (χ3v) is 2.74. The maximum atomic E-state index is 10.9. The molecule has 0 heterocycles. The van der Waals surface area contributed by atoms with Crippen LogP contribution in [0.2, 0.25) is 0 Å². The molecule has 0 saturated carbocycles. The highest BCUT2D eigenvalue weighted by Gasteiger charge is 2.24. The van der Waals surface area contributed by atoms with Gasteiger partial charge in [0.2, 0.25) is 5.91 Å². The number of primary amides is 1. The van der Waals surface area contributed by atoms with E-state index in [9.17, 15) is 14.9 Å². The summed E-state index contributed by atoms with van der Waals surface area (Å²) in [6, 6.07) is 4.58. The van der Waals surface area contributed by atoms with Gasteiger partial charge in [-0.25, -0.2) is 0 Å². The van der Waals surface area contributed by atoms with Crippen LogP contribution >= 0.6 is 15.9 Å². The Kier molecular flexibility index (Phi) is 4.28. The van der Waals surface area contributed by atoms with Crippen LogP contribution in [0.3, 0.4) is 0 Å². The van der Waals surface area contributed by atoms with E-state index in [1.54, 1.807) is 26.0 Å². The van der Waals surface area contributed by atoms with Crippen molar-refractivity contribution < 1.29 is 9.72 Å². The summed E-state index contributed by atoms with van der Waals surface area (Å²) in [6.45, 7) is 3.50. The lowest BCUT2D eigenvalue weighted by atomic mass is 9.99. The van der Waals surface area contributed by atoms with Gasteiger partial charge in [0.1, 0.15) is 5.69 Å². The van der Waals surface area contributed by atoms with Gasteiger partial charge in [-0.3, -0.25) is 14.9 Å². The van der Waals surface area contributed by atoms with Gasteiger partial charge >= 0.3 is 0 Å². The summed E-state index contributed by atoms with van der Waals surface area (Å²) in [7, 11) is 0. The number of rotatable bonds is 5. The Balaban J connectivity index is 3.05. The third-order valence-electron chi connectivity index (χ3n) is 2.24. The summed E-state index contributed by atoms with van der Waals surface area (Å²) in [5.41, 5.74) is 4.78. The van der Waals surface area contributed by atoms with Crippen molar-refractivity contribution in [2.75, 3.05) is 5.32 Å². The first-order chi connectivity index (χ1) is 8.21. The Morgan fingerprint density at radius 1 is 1.56 bits per heavy atom. The summed E-state index contributed by atoms with van der Waals surface area (Å²) in [4.78, 5) is 21.4. The zero-order valence-corrected chi connectivity index (χ0v) is 11.7. The second-order valence-corrected chi connectivity index (χ2v) is 5.49. The SMILES string of the molecule is CC(C)(CC(N)=O)Nc1cc(Br)ccc1[N+](=O)[O-]. The van der Waals surface area contributed by atoms with Crippen molar-refractivity contribution in [2.45, 2.75) is 25.8 Å². The fourth-order valence-corrected chi connectivity index (χ4v) is 1.97. The van der Waals surface area contributed by atoms with Gasteiger partial charge in [-0.05, 0) is 26.0 Å². The molecule has 1 aromatic carbocycles. The Bertz CT molecular complexity index is 488. The van der Waals surface area contributed by atoms with E-state index >= 15 is 0 Å². The van der Waals surface area contributed by atoms with Crippen molar-refractivity contribution in [3.05, 3.63) is 32.8 Å². The zero-order valence-electron chi connectivity index (χ0n) is 10.1. The quantitative estimate of drug-likeness (QED) is 0.644. The number of nitrogens with two attached hydrogens (primary N) is 1. The predicted molar refractivity (Wildman–Crippen MR) is 72.3 cm³/mol. The zero-order chi connectivity index (χ0) is 13.9. The highest BCUT2D eigenvalue weighted by atomic mass is 79.9. The number of nitro groups is 1. The molecule has 1 rings (SSSR count). The number of nitro benzene ring substituents is 1. The summed E-state index contributed by atoms with van der Waals surface area (Å²) >= 11 is 3.25. The number of hydrogen-bond donors (Lipinski definition) is 2. The highest BCUT2D eigenvalue weighted by Crippen LogP contribution is 2.30. The second kappa shape index (κ2) is 5.34. The fraction of sp³-hybridized carbons (Fsp3) is 0.364. The molecule has 7 heteroatoms. The van der Waals surface area contributed by atoms with Crippen molar-refractivity contribution in [3.8, 4) is 0 Å². The topological polar surface area (TPSA) is 98.3 Å². The van der Waals surface area contributed by atoms with Gasteiger partial charge in [0.15, 0.2) is 0 Å². The number of anilines is 1. The van der Waals surface area contributed by atoms with E-state index in [2.05, 4.69) is 21.2 Å². The highest BCUT2D eigenvalue weighted by molar-refractivity contribution is 9.10. The Morgan fingerprint density at radius 2 is 2.17 bits per heavy atom. The Morgan fingerprint density at radius 3 is 2.67 bits per heavy atom. The lowest BCUT2D eigenvalue weighted by Gasteiger charge is -2.26. The van der Waals surface area contributed by atoms with Gasteiger partial charge in [0.05, 0.1) is 4.92 Å². The van der Waals surface area contributed by atoms with Crippen LogP contribution in [-0.4, -0.2) is 16.4 Å². The van der Waals surface area contributed by atoms with E-state index in [4.69, 9.17) is 5.73 Å². The predicted octanol–water partition coefficient (Wildman–Crippen LogP) is 2.42. The normalized spacial score (nSPS) is 11.1. The van der Waals surface area contributed by atoms with Crippen LogP contribution < -0.4 is 11.1 Å². The number of amides is 1. The molecule has 0 unspecified atom stereocenters. The first kappa shape index (κ1) is 14.4. The van der Waals surface area contributed by atoms with Crippen LogP contribution in [0, 0.1) is 10.1 Å². The molecule has 1 aromatic rings. The number of hydrogen-bond acceptors (Lipinski definition) is 4. The van der Waals surface area contributed by atoms with Crippen LogP contribution in [0.25, 0.3) is 0 Å². The van der Waals surface area contributed by atoms with Crippen molar-refractivity contribution in [1.82, 2.24) is 0 Å². The van der Waals surface area contributed by atoms with Gasteiger partial charge in [-0.2, -0.15) is 0 Å². The van der Waals surface area contributed by atoms with Crippen molar-refractivity contribution in [1.29, 1.82) is 0 Å². The average molecular weight is 316 g/mol. The smallest absolute Gasteiger partial charge is 0.292 e. The van der Waals surface area contributed by atoms with Gasteiger partial charge in [0.25, 0.3) is 5.69 Å². The number of nitrogens with zero attached hydrogens (tertiary/aromatic N) is 1. The molecule has 3 N–H and O–H groups in total. The first-order valence-corrected chi connectivity index (χ1v) is 6.01. The van der Waals surface area contributed by atoms with E-state index < -0.39 is 16.4 Å². The summed E-state index contributed by atoms with van der Waals surface area (Å²) < 4.78 is 0.713. The Labute approximate surface area is 113 Å². The molecule has 98 valence electrons. The van der Waals surface area contributed by atoms with Crippen LogP contribution in [0.5, 0.6) is 0 Å². The number of carbonyl (C=O) groups is 1. The van der Waals surface area contributed by atoms with Gasteiger partial charge in [-0.15, -0.1) is 0 Å². The standard InChI is InChI=1S/C11H14BrN3O3/c1-11(2,6-10(13)16)14-8-5-7(12)3-4-9(8)15(17)18/h3-5,14H,6H2,1-2H3,(H2,13,16). The van der Waals surface area contributed by atoms with Crippen LogP contribution in [0.1, 0.15) is 20.3 Å². The molecule has 0 bridgehead atoms. The molecule has 0 saturated heterocycles. The summed E-state index contributed by atoms with van der Waals surface area (Å²) in [5.74, 6) is -0.467. The molecule has 0 spiro atoms. The molecule has 0 aliphatic rings. The number of benzene rings is 1. The van der Waals surface area contributed by atoms with Crippen molar-refractivity contribution in [3.63, 3.8) is 0 Å². The molecule has 18 heavy (non-hydrogen) atoms. The minimum Gasteiger partial charge on any atom is -0.374 e. The fourth-order valence-electron chi connectivity index (χ4n) is 1.61. The van der Waals surface area contributed by atoms with Gasteiger partial charge in [-0.1, -0.05) is 15.9 Å². The summed E-state index contributed by atoms with van der Waals surface area (Å²) in [6.07, 6.45) is 0.0800. The lowest BCUT2D eigenvalue weighted by molar-refractivity contribution is -0.384. The first-order valence-electron chi connectivity index (χ1n) is 5.22. The molecule has 0 aliphatic carbocycles. The number of carbonyl (C=O) groups excluding carboxylic acids is 1.